The monoisotopic (exact) mass is 431 g/mol. The molecule has 8 nitrogen and oxygen atoms in total. The molecule has 1 aliphatic rings. The fraction of sp³-hybridized carbons (Fsp3) is 0.476. The van der Waals surface area contributed by atoms with Gasteiger partial charge in [-0.15, -0.1) is 11.3 Å². The number of nitro groups is 1. The maximum absolute atomic E-state index is 10.8. The van der Waals surface area contributed by atoms with Crippen LogP contribution in [-0.4, -0.2) is 61.2 Å². The minimum Gasteiger partial charge on any atom is -0.379 e. The second kappa shape index (κ2) is 11.6. The number of ether oxygens (including phenoxy) is 1. The first-order valence-electron chi connectivity index (χ1n) is 10.2. The van der Waals surface area contributed by atoms with Gasteiger partial charge in [0.15, 0.2) is 5.96 Å². The zero-order valence-electron chi connectivity index (χ0n) is 17.3. The highest BCUT2D eigenvalue weighted by atomic mass is 32.1. The first-order chi connectivity index (χ1) is 14.6. The lowest BCUT2D eigenvalue weighted by atomic mass is 10.2. The van der Waals surface area contributed by atoms with Gasteiger partial charge >= 0.3 is 0 Å². The summed E-state index contributed by atoms with van der Waals surface area (Å²) in [5.74, 6) is 0.755. The third-order valence-corrected chi connectivity index (χ3v) is 5.98. The lowest BCUT2D eigenvalue weighted by Crippen LogP contribution is -2.49. The topological polar surface area (TPSA) is 92.0 Å². The number of guanidine groups is 1. The summed E-state index contributed by atoms with van der Waals surface area (Å²) in [6, 6.07) is 11.1. The summed E-state index contributed by atoms with van der Waals surface area (Å²) in [6.45, 7) is 7.70. The van der Waals surface area contributed by atoms with E-state index in [1.165, 1.54) is 17.0 Å². The molecule has 2 heterocycles. The molecular formula is C21H29N5O3S. The van der Waals surface area contributed by atoms with Crippen LogP contribution in [0.1, 0.15) is 17.4 Å². The van der Waals surface area contributed by atoms with Gasteiger partial charge in [-0.1, -0.05) is 18.2 Å². The molecule has 162 valence electrons. The second-order valence-electron chi connectivity index (χ2n) is 7.22. The summed E-state index contributed by atoms with van der Waals surface area (Å²) in [4.78, 5) is 18.9. The Hall–Kier alpha value is -2.49. The molecule has 0 amide bonds. The highest BCUT2D eigenvalue weighted by molar-refractivity contribution is 7.09. The average Bonchev–Trinajstić information content (AvgIpc) is 3.29. The summed E-state index contributed by atoms with van der Waals surface area (Å²) >= 11 is 1.75. The maximum atomic E-state index is 10.8. The van der Waals surface area contributed by atoms with E-state index >= 15 is 0 Å². The van der Waals surface area contributed by atoms with E-state index in [0.717, 1.165) is 57.3 Å². The Morgan fingerprint density at radius 1 is 1.27 bits per heavy atom. The van der Waals surface area contributed by atoms with E-state index in [1.807, 2.05) is 0 Å². The standard InChI is InChI=1S/C21H29N5O3S/c1-17(25-10-12-29-13-11-25)15-23-21(22-9-8-20-3-2-14-30-20)24-16-18-4-6-19(7-5-18)26(27)28/h2-7,14,17H,8-13,15-16H2,1H3,(H2,22,23,24). The normalized spacial score (nSPS) is 16.2. The van der Waals surface area contributed by atoms with Crippen molar-refractivity contribution in [1.29, 1.82) is 0 Å². The number of rotatable bonds is 9. The molecule has 0 bridgehead atoms. The molecule has 2 aromatic rings. The summed E-state index contributed by atoms with van der Waals surface area (Å²) in [6.07, 6.45) is 0.939. The molecule has 1 fully saturated rings. The Morgan fingerprint density at radius 2 is 2.03 bits per heavy atom. The number of nitrogens with zero attached hydrogens (tertiary/aromatic N) is 3. The van der Waals surface area contributed by atoms with Gasteiger partial charge in [0.2, 0.25) is 0 Å². The molecule has 3 rings (SSSR count). The molecule has 1 aromatic heterocycles. The van der Waals surface area contributed by atoms with Gasteiger partial charge in [-0.2, -0.15) is 0 Å². The van der Waals surface area contributed by atoms with Gasteiger partial charge in [-0.05, 0) is 30.4 Å². The highest BCUT2D eigenvalue weighted by Gasteiger charge is 2.17. The van der Waals surface area contributed by atoms with E-state index in [9.17, 15) is 10.1 Å². The lowest BCUT2D eigenvalue weighted by Gasteiger charge is -2.32. The molecule has 1 aliphatic heterocycles. The summed E-state index contributed by atoms with van der Waals surface area (Å²) in [5.41, 5.74) is 1.02. The number of non-ortho nitro benzene ring substituents is 1. The van der Waals surface area contributed by atoms with Gasteiger partial charge in [-0.3, -0.25) is 15.0 Å². The van der Waals surface area contributed by atoms with E-state index in [1.54, 1.807) is 23.5 Å². The van der Waals surface area contributed by atoms with Gasteiger partial charge < -0.3 is 15.4 Å². The Balaban J connectivity index is 1.56. The van der Waals surface area contributed by atoms with Crippen molar-refractivity contribution in [2.24, 2.45) is 4.99 Å². The molecular weight excluding hydrogens is 402 g/mol. The summed E-state index contributed by atoms with van der Waals surface area (Å²) < 4.78 is 5.44. The van der Waals surface area contributed by atoms with Gasteiger partial charge in [-0.25, -0.2) is 4.99 Å². The number of nitro benzene ring substituents is 1. The van der Waals surface area contributed by atoms with Crippen molar-refractivity contribution >= 4 is 23.0 Å². The van der Waals surface area contributed by atoms with E-state index in [4.69, 9.17) is 4.74 Å². The third kappa shape index (κ3) is 7.08. The fourth-order valence-electron chi connectivity index (χ4n) is 3.22. The molecule has 9 heteroatoms. The van der Waals surface area contributed by atoms with Crippen LogP contribution in [0, 0.1) is 10.1 Å². The molecule has 0 saturated carbocycles. The van der Waals surface area contributed by atoms with Crippen molar-refractivity contribution in [2.75, 3.05) is 39.4 Å². The predicted molar refractivity (Wildman–Crippen MR) is 120 cm³/mol. The molecule has 1 saturated heterocycles. The smallest absolute Gasteiger partial charge is 0.269 e. The van der Waals surface area contributed by atoms with Crippen molar-refractivity contribution in [1.82, 2.24) is 15.5 Å². The van der Waals surface area contributed by atoms with E-state index < -0.39 is 0 Å². The van der Waals surface area contributed by atoms with Crippen LogP contribution >= 0.6 is 11.3 Å². The largest absolute Gasteiger partial charge is 0.379 e. The van der Waals surface area contributed by atoms with Gasteiger partial charge in [0.05, 0.1) is 24.7 Å². The highest BCUT2D eigenvalue weighted by Crippen LogP contribution is 2.12. The average molecular weight is 432 g/mol. The van der Waals surface area contributed by atoms with E-state index in [2.05, 4.69) is 45.0 Å². The van der Waals surface area contributed by atoms with Crippen LogP contribution in [0.5, 0.6) is 0 Å². The molecule has 1 atom stereocenters. The molecule has 30 heavy (non-hydrogen) atoms. The van der Waals surface area contributed by atoms with Crippen LogP contribution in [0.15, 0.2) is 46.8 Å². The first kappa shape index (κ1) is 22.2. The van der Waals surface area contributed by atoms with Crippen LogP contribution in [0.4, 0.5) is 5.69 Å². The number of aliphatic imine (C=N–C) groups is 1. The Bertz CT molecular complexity index is 805. The molecule has 0 spiro atoms. The van der Waals surface area contributed by atoms with E-state index in [0.29, 0.717) is 12.6 Å². The van der Waals surface area contributed by atoms with Crippen LogP contribution in [-0.2, 0) is 17.7 Å². The van der Waals surface area contributed by atoms with Gasteiger partial charge in [0.25, 0.3) is 5.69 Å². The van der Waals surface area contributed by atoms with Crippen LogP contribution in [0.25, 0.3) is 0 Å². The van der Waals surface area contributed by atoms with Crippen LogP contribution in [0.3, 0.4) is 0 Å². The first-order valence-corrected chi connectivity index (χ1v) is 11.1. The number of morpholine rings is 1. The molecule has 0 radical (unpaired) electrons. The Kier molecular flexibility index (Phi) is 8.61. The zero-order chi connectivity index (χ0) is 21.2. The number of nitrogens with one attached hydrogen (secondary N) is 2. The molecule has 2 N–H and O–H groups in total. The van der Waals surface area contributed by atoms with Crippen LogP contribution in [0.2, 0.25) is 0 Å². The fourth-order valence-corrected chi connectivity index (χ4v) is 3.93. The van der Waals surface area contributed by atoms with E-state index in [-0.39, 0.29) is 10.6 Å². The second-order valence-corrected chi connectivity index (χ2v) is 8.26. The van der Waals surface area contributed by atoms with Crippen molar-refractivity contribution in [2.45, 2.75) is 25.9 Å². The summed E-state index contributed by atoms with van der Waals surface area (Å²) in [7, 11) is 0. The minimum absolute atomic E-state index is 0.0921. The number of benzene rings is 1. The van der Waals surface area contributed by atoms with Gasteiger partial charge in [0.1, 0.15) is 0 Å². The quantitative estimate of drug-likeness (QED) is 0.274. The Labute approximate surface area is 181 Å². The molecule has 1 aromatic carbocycles. The van der Waals surface area contributed by atoms with Crippen molar-refractivity contribution in [3.8, 4) is 0 Å². The zero-order valence-corrected chi connectivity index (χ0v) is 18.1. The van der Waals surface area contributed by atoms with Crippen molar-refractivity contribution in [3.05, 3.63) is 62.3 Å². The SMILES string of the molecule is CC(CNC(=NCc1ccc([N+](=O)[O-])cc1)NCCc1cccs1)N1CCOCC1. The Morgan fingerprint density at radius 3 is 2.70 bits per heavy atom. The van der Waals surface area contributed by atoms with Gasteiger partial charge in [0, 0.05) is 49.2 Å². The number of hydrogen-bond donors (Lipinski definition) is 2. The minimum atomic E-state index is -0.390. The van der Waals surface area contributed by atoms with Crippen molar-refractivity contribution in [3.63, 3.8) is 0 Å². The lowest BCUT2D eigenvalue weighted by molar-refractivity contribution is -0.384. The van der Waals surface area contributed by atoms with Crippen LogP contribution < -0.4 is 10.6 Å². The predicted octanol–water partition coefficient (Wildman–Crippen LogP) is 2.65. The maximum Gasteiger partial charge on any atom is 0.269 e. The number of thiophene rings is 1. The third-order valence-electron chi connectivity index (χ3n) is 5.04. The molecule has 0 aliphatic carbocycles. The summed E-state index contributed by atoms with van der Waals surface area (Å²) in [5, 5.41) is 19.8. The number of hydrogen-bond acceptors (Lipinski definition) is 6. The molecule has 1 unspecified atom stereocenters. The van der Waals surface area contributed by atoms with Crippen molar-refractivity contribution < 1.29 is 9.66 Å².